The van der Waals surface area contributed by atoms with Crippen LogP contribution in [0.25, 0.3) is 0 Å². The highest BCUT2D eigenvalue weighted by Crippen LogP contribution is 2.25. The Balaban J connectivity index is 2.70. The second-order valence-corrected chi connectivity index (χ2v) is 4.22. The fourth-order valence-corrected chi connectivity index (χ4v) is 1.63. The highest BCUT2D eigenvalue weighted by atomic mass is 19.3. The molecule has 0 aliphatic rings. The molecule has 5 nitrogen and oxygen atoms in total. The van der Waals surface area contributed by atoms with E-state index in [2.05, 4.69) is 15.1 Å². The number of anilines is 1. The minimum absolute atomic E-state index is 0.164. The molecule has 1 aromatic heterocycles. The third-order valence-corrected chi connectivity index (χ3v) is 2.69. The lowest BCUT2D eigenvalue weighted by molar-refractivity contribution is -0.167. The molecule has 0 radical (unpaired) electrons. The normalized spacial score (nSPS) is 13.8. The summed E-state index contributed by atoms with van der Waals surface area (Å²) in [7, 11) is 0. The number of halogens is 4. The van der Waals surface area contributed by atoms with E-state index >= 15 is 0 Å². The van der Waals surface area contributed by atoms with Gasteiger partial charge in [-0.25, -0.2) is 13.8 Å². The molecule has 1 rings (SSSR count). The van der Waals surface area contributed by atoms with Crippen molar-refractivity contribution < 1.29 is 22.3 Å². The molecule has 0 aliphatic heterocycles. The minimum atomic E-state index is -4.20. The summed E-state index contributed by atoms with van der Waals surface area (Å²) in [5.74, 6) is 1.27. The Kier molecular flexibility index (Phi) is 5.66. The van der Waals surface area contributed by atoms with Gasteiger partial charge in [0, 0.05) is 11.8 Å². The molecule has 0 fully saturated rings. The van der Waals surface area contributed by atoms with Gasteiger partial charge in [-0.15, -0.1) is 0 Å². The van der Waals surface area contributed by atoms with Crippen molar-refractivity contribution in [2.45, 2.75) is 25.3 Å². The van der Waals surface area contributed by atoms with Crippen LogP contribution in [-0.2, 0) is 4.74 Å². The first kappa shape index (κ1) is 16.6. The second-order valence-electron chi connectivity index (χ2n) is 4.22. The molecule has 114 valence electrons. The maximum Gasteiger partial charge on any atom is 0.330 e. The fourth-order valence-electron chi connectivity index (χ4n) is 1.63. The van der Waals surface area contributed by atoms with Crippen LogP contribution in [-0.4, -0.2) is 30.5 Å². The molecular weight excluding hydrogens is 280 g/mol. The molecule has 0 aliphatic carbocycles. The lowest BCUT2D eigenvalue weighted by Crippen LogP contribution is -2.36. The Morgan fingerprint density at radius 1 is 1.45 bits per heavy atom. The maximum absolute atomic E-state index is 12.7. The number of hydrogen-bond donors (Lipinski definition) is 3. The lowest BCUT2D eigenvalue weighted by Gasteiger charge is -2.21. The van der Waals surface area contributed by atoms with E-state index in [1.165, 1.54) is 6.20 Å². The molecule has 0 spiro atoms. The molecule has 1 atom stereocenters. The molecular formula is C11H16F4N4O. The first-order chi connectivity index (χ1) is 9.29. The number of nitrogens with zero attached hydrogens (tertiary/aromatic N) is 1. The first-order valence-electron chi connectivity index (χ1n) is 5.70. The summed E-state index contributed by atoms with van der Waals surface area (Å²) >= 11 is 0. The molecule has 1 aromatic rings. The zero-order valence-electron chi connectivity index (χ0n) is 10.7. The van der Waals surface area contributed by atoms with E-state index in [0.29, 0.717) is 5.56 Å². The third kappa shape index (κ3) is 4.02. The summed E-state index contributed by atoms with van der Waals surface area (Å²) in [6, 6.07) is 0.932. The molecule has 0 bridgehead atoms. The Hall–Kier alpha value is -1.45. The van der Waals surface area contributed by atoms with Crippen molar-refractivity contribution in [2.24, 2.45) is 5.84 Å². The largest absolute Gasteiger partial charge is 0.383 e. The van der Waals surface area contributed by atoms with Gasteiger partial charge in [-0.3, -0.25) is 11.3 Å². The number of aromatic nitrogens is 1. The van der Waals surface area contributed by atoms with Gasteiger partial charge in [-0.1, -0.05) is 0 Å². The predicted octanol–water partition coefficient (Wildman–Crippen LogP) is 1.39. The Morgan fingerprint density at radius 3 is 2.60 bits per heavy atom. The number of ether oxygens (including phenoxy) is 1. The number of pyridine rings is 1. The van der Waals surface area contributed by atoms with Gasteiger partial charge in [0.05, 0.1) is 12.6 Å². The van der Waals surface area contributed by atoms with E-state index in [-0.39, 0.29) is 12.4 Å². The van der Waals surface area contributed by atoms with E-state index in [0.717, 1.165) is 5.56 Å². The van der Waals surface area contributed by atoms with Crippen LogP contribution in [0.1, 0.15) is 17.2 Å². The van der Waals surface area contributed by atoms with Gasteiger partial charge in [-0.05, 0) is 18.6 Å². The van der Waals surface area contributed by atoms with E-state index in [4.69, 9.17) is 11.6 Å². The number of hydrazine groups is 1. The quantitative estimate of drug-likeness (QED) is 0.402. The number of alkyl halides is 4. The van der Waals surface area contributed by atoms with E-state index < -0.39 is 25.0 Å². The maximum atomic E-state index is 12.7. The van der Waals surface area contributed by atoms with Crippen molar-refractivity contribution >= 4 is 5.82 Å². The monoisotopic (exact) mass is 296 g/mol. The van der Waals surface area contributed by atoms with Crippen molar-refractivity contribution in [3.05, 3.63) is 23.4 Å². The van der Waals surface area contributed by atoms with Crippen LogP contribution in [0.15, 0.2) is 12.3 Å². The van der Waals surface area contributed by atoms with Crippen LogP contribution < -0.4 is 17.0 Å². The summed E-state index contributed by atoms with van der Waals surface area (Å²) in [6.07, 6.45) is -2.30. The number of nitrogen functional groups attached to an aromatic ring is 1. The van der Waals surface area contributed by atoms with Crippen molar-refractivity contribution in [3.8, 4) is 0 Å². The van der Waals surface area contributed by atoms with Gasteiger partial charge in [-0.2, -0.15) is 8.78 Å². The molecule has 20 heavy (non-hydrogen) atoms. The van der Waals surface area contributed by atoms with Gasteiger partial charge in [0.1, 0.15) is 12.4 Å². The molecule has 0 saturated heterocycles. The summed E-state index contributed by atoms with van der Waals surface area (Å²) in [4.78, 5) is 3.85. The summed E-state index contributed by atoms with van der Waals surface area (Å²) in [5.41, 5.74) is 9.22. The second kappa shape index (κ2) is 6.82. The number of rotatable bonds is 7. The fraction of sp³-hybridized carbons (Fsp3) is 0.545. The van der Waals surface area contributed by atoms with Gasteiger partial charge < -0.3 is 10.5 Å². The zero-order chi connectivity index (χ0) is 15.3. The Morgan fingerprint density at radius 2 is 2.10 bits per heavy atom. The summed E-state index contributed by atoms with van der Waals surface area (Å²) in [6.45, 7) is -0.0108. The van der Waals surface area contributed by atoms with Gasteiger partial charge in [0.15, 0.2) is 0 Å². The average molecular weight is 296 g/mol. The molecule has 0 amide bonds. The highest BCUT2D eigenvalue weighted by molar-refractivity contribution is 5.46. The number of aryl methyl sites for hydroxylation is 1. The van der Waals surface area contributed by atoms with Crippen molar-refractivity contribution in [3.63, 3.8) is 0 Å². The Labute approximate surface area is 113 Å². The molecule has 1 heterocycles. The zero-order valence-corrected chi connectivity index (χ0v) is 10.7. The molecule has 5 N–H and O–H groups in total. The van der Waals surface area contributed by atoms with E-state index in [1.807, 2.05) is 0 Å². The van der Waals surface area contributed by atoms with Crippen LogP contribution in [0.5, 0.6) is 0 Å². The van der Waals surface area contributed by atoms with Gasteiger partial charge in [0.2, 0.25) is 0 Å². The topological polar surface area (TPSA) is 86.2 Å². The minimum Gasteiger partial charge on any atom is -0.383 e. The van der Waals surface area contributed by atoms with E-state index in [1.54, 1.807) is 13.0 Å². The predicted molar refractivity (Wildman–Crippen MR) is 65.2 cm³/mol. The summed E-state index contributed by atoms with van der Waals surface area (Å²) < 4.78 is 54.0. The number of hydrogen-bond acceptors (Lipinski definition) is 5. The molecule has 0 aromatic carbocycles. The molecule has 9 heteroatoms. The lowest BCUT2D eigenvalue weighted by atomic mass is 10.0. The number of nitrogens with one attached hydrogen (secondary N) is 1. The van der Waals surface area contributed by atoms with Crippen LogP contribution in [0, 0.1) is 6.92 Å². The summed E-state index contributed by atoms with van der Waals surface area (Å²) in [5, 5.41) is 0. The smallest absolute Gasteiger partial charge is 0.330 e. The van der Waals surface area contributed by atoms with Crippen LogP contribution in [0.4, 0.5) is 23.4 Å². The average Bonchev–Trinajstić information content (AvgIpc) is 2.36. The Bertz CT molecular complexity index is 424. The highest BCUT2D eigenvalue weighted by Gasteiger charge is 2.41. The van der Waals surface area contributed by atoms with Crippen LogP contribution >= 0.6 is 0 Å². The van der Waals surface area contributed by atoms with Crippen LogP contribution in [0.3, 0.4) is 0 Å². The number of nitrogens with two attached hydrogens (primary N) is 2. The molecule has 0 saturated carbocycles. The van der Waals surface area contributed by atoms with Crippen molar-refractivity contribution in [1.82, 2.24) is 10.4 Å². The van der Waals surface area contributed by atoms with Crippen molar-refractivity contribution in [2.75, 3.05) is 18.9 Å². The standard InChI is InChI=1S/C11H16F4N4O/c1-6-2-3-18-9(16)8(6)7(19-17)4-20-5-11(14,15)10(12)13/h2-3,7,10,19H,4-5,17H2,1H3,(H2,16,18). The van der Waals surface area contributed by atoms with Crippen LogP contribution in [0.2, 0.25) is 0 Å². The first-order valence-corrected chi connectivity index (χ1v) is 5.70. The van der Waals surface area contributed by atoms with Gasteiger partial charge >= 0.3 is 12.3 Å². The van der Waals surface area contributed by atoms with Gasteiger partial charge in [0.25, 0.3) is 0 Å². The van der Waals surface area contributed by atoms with Crippen molar-refractivity contribution in [1.29, 1.82) is 0 Å². The third-order valence-electron chi connectivity index (χ3n) is 2.69. The molecule has 1 unspecified atom stereocenters. The van der Waals surface area contributed by atoms with E-state index in [9.17, 15) is 17.6 Å². The SMILES string of the molecule is Cc1ccnc(N)c1C(COCC(F)(F)C(F)F)NN.